The van der Waals surface area contributed by atoms with E-state index in [4.69, 9.17) is 4.74 Å². The van der Waals surface area contributed by atoms with Crippen LogP contribution < -0.4 is 5.32 Å². The number of esters is 1. The third kappa shape index (κ3) is 4.34. The van der Waals surface area contributed by atoms with Crippen LogP contribution >= 0.6 is 11.3 Å². The van der Waals surface area contributed by atoms with Gasteiger partial charge in [-0.05, 0) is 56.8 Å². The average Bonchev–Trinajstić information content (AvgIpc) is 3.27. The van der Waals surface area contributed by atoms with E-state index < -0.39 is 12.1 Å². The molecule has 1 aromatic carbocycles. The Hall–Kier alpha value is -2.86. The summed E-state index contributed by atoms with van der Waals surface area (Å²) in [5.41, 5.74) is 3.97. The number of hydrogen-bond acceptors (Lipinski definition) is 4. The van der Waals surface area contributed by atoms with Crippen LogP contribution in [0.1, 0.15) is 39.1 Å². The topological polar surface area (TPSA) is 60.3 Å². The van der Waals surface area contributed by atoms with E-state index in [0.29, 0.717) is 17.8 Å². The SMILES string of the molecule is Cc1ccccc1NC(=O)C(C)OC(=O)c1cc(C)n(Cc2cccs2)c1C. The Labute approximate surface area is 169 Å². The maximum Gasteiger partial charge on any atom is 0.340 e. The highest BCUT2D eigenvalue weighted by Gasteiger charge is 2.23. The highest BCUT2D eigenvalue weighted by atomic mass is 32.1. The van der Waals surface area contributed by atoms with Crippen LogP contribution in [0.3, 0.4) is 0 Å². The van der Waals surface area contributed by atoms with E-state index in [1.807, 2.05) is 62.5 Å². The Morgan fingerprint density at radius 2 is 1.89 bits per heavy atom. The Morgan fingerprint density at radius 3 is 2.57 bits per heavy atom. The Morgan fingerprint density at radius 1 is 1.14 bits per heavy atom. The maximum absolute atomic E-state index is 12.7. The lowest BCUT2D eigenvalue weighted by atomic mass is 10.2. The monoisotopic (exact) mass is 396 g/mol. The Bertz CT molecular complexity index is 989. The number of aromatic nitrogens is 1. The average molecular weight is 397 g/mol. The van der Waals surface area contributed by atoms with E-state index in [2.05, 4.69) is 16.0 Å². The number of amides is 1. The summed E-state index contributed by atoms with van der Waals surface area (Å²) in [5.74, 6) is -0.840. The van der Waals surface area contributed by atoms with Crippen LogP contribution in [-0.2, 0) is 16.1 Å². The summed E-state index contributed by atoms with van der Waals surface area (Å²) in [7, 11) is 0. The van der Waals surface area contributed by atoms with Gasteiger partial charge in [0.25, 0.3) is 5.91 Å². The molecular formula is C22H24N2O3S. The van der Waals surface area contributed by atoms with Crippen molar-refractivity contribution < 1.29 is 14.3 Å². The molecule has 1 atom stereocenters. The van der Waals surface area contributed by atoms with Crippen molar-refractivity contribution >= 4 is 28.9 Å². The number of carbonyl (C=O) groups excluding carboxylic acids is 2. The first-order chi connectivity index (χ1) is 13.4. The van der Waals surface area contributed by atoms with Crippen LogP contribution in [0.2, 0.25) is 0 Å². The first kappa shape index (κ1) is 19.9. The van der Waals surface area contributed by atoms with Crippen LogP contribution in [0.4, 0.5) is 5.69 Å². The maximum atomic E-state index is 12.7. The molecular weight excluding hydrogens is 372 g/mol. The van der Waals surface area contributed by atoms with Gasteiger partial charge in [0.2, 0.25) is 0 Å². The number of nitrogens with zero attached hydrogens (tertiary/aromatic N) is 1. The lowest BCUT2D eigenvalue weighted by Gasteiger charge is -2.15. The Balaban J connectivity index is 1.69. The number of para-hydroxylation sites is 1. The molecule has 0 aliphatic carbocycles. The highest BCUT2D eigenvalue weighted by molar-refractivity contribution is 7.09. The van der Waals surface area contributed by atoms with E-state index in [1.54, 1.807) is 18.3 Å². The van der Waals surface area contributed by atoms with Crippen molar-refractivity contribution in [1.29, 1.82) is 0 Å². The third-order valence-electron chi connectivity index (χ3n) is 4.74. The number of anilines is 1. The molecule has 0 saturated carbocycles. The summed E-state index contributed by atoms with van der Waals surface area (Å²) in [6, 6.07) is 13.4. The molecule has 5 nitrogen and oxygen atoms in total. The number of thiophene rings is 1. The lowest BCUT2D eigenvalue weighted by molar-refractivity contribution is -0.123. The number of carbonyl (C=O) groups is 2. The second kappa shape index (κ2) is 8.44. The molecule has 146 valence electrons. The van der Waals surface area contributed by atoms with Gasteiger partial charge in [0, 0.05) is 22.0 Å². The van der Waals surface area contributed by atoms with Gasteiger partial charge in [0.15, 0.2) is 6.10 Å². The fraction of sp³-hybridized carbons (Fsp3) is 0.273. The zero-order valence-electron chi connectivity index (χ0n) is 16.5. The molecule has 1 amide bonds. The van der Waals surface area contributed by atoms with E-state index >= 15 is 0 Å². The summed E-state index contributed by atoms with van der Waals surface area (Å²) >= 11 is 1.68. The second-order valence-corrected chi connectivity index (χ2v) is 7.83. The summed E-state index contributed by atoms with van der Waals surface area (Å²) in [6.45, 7) is 8.07. The predicted octanol–water partition coefficient (Wildman–Crippen LogP) is 4.71. The van der Waals surface area contributed by atoms with Crippen molar-refractivity contribution in [1.82, 2.24) is 4.57 Å². The van der Waals surface area contributed by atoms with Crippen LogP contribution in [0.15, 0.2) is 47.8 Å². The molecule has 3 rings (SSSR count). The second-order valence-electron chi connectivity index (χ2n) is 6.80. The number of nitrogens with one attached hydrogen (secondary N) is 1. The predicted molar refractivity (Wildman–Crippen MR) is 112 cm³/mol. The molecule has 28 heavy (non-hydrogen) atoms. The molecule has 0 saturated heterocycles. The van der Waals surface area contributed by atoms with Crippen LogP contribution in [-0.4, -0.2) is 22.5 Å². The summed E-state index contributed by atoms with van der Waals surface area (Å²) in [6.07, 6.45) is -0.896. The largest absolute Gasteiger partial charge is 0.449 e. The molecule has 6 heteroatoms. The third-order valence-corrected chi connectivity index (χ3v) is 5.60. The minimum Gasteiger partial charge on any atom is -0.449 e. The fourth-order valence-corrected chi connectivity index (χ4v) is 3.73. The molecule has 0 bridgehead atoms. The van der Waals surface area contributed by atoms with Crippen molar-refractivity contribution in [3.63, 3.8) is 0 Å². The van der Waals surface area contributed by atoms with E-state index in [-0.39, 0.29) is 5.91 Å². The summed E-state index contributed by atoms with van der Waals surface area (Å²) in [5, 5.41) is 4.84. The minimum absolute atomic E-state index is 0.352. The standard InChI is InChI=1S/C22H24N2O3S/c1-14-8-5-6-10-20(14)23-21(25)17(4)27-22(26)19-12-15(2)24(16(19)3)13-18-9-7-11-28-18/h5-12,17H,13H2,1-4H3,(H,23,25). The van der Waals surface area contributed by atoms with E-state index in [1.165, 1.54) is 4.88 Å². The lowest BCUT2D eigenvalue weighted by Crippen LogP contribution is -2.30. The number of hydrogen-bond donors (Lipinski definition) is 1. The zero-order valence-corrected chi connectivity index (χ0v) is 17.3. The first-order valence-corrected chi connectivity index (χ1v) is 10.0. The van der Waals surface area contributed by atoms with Crippen molar-refractivity contribution in [2.24, 2.45) is 0 Å². The zero-order chi connectivity index (χ0) is 20.3. The molecule has 0 aliphatic rings. The van der Waals surface area contributed by atoms with Gasteiger partial charge in [0.1, 0.15) is 0 Å². The van der Waals surface area contributed by atoms with Gasteiger partial charge >= 0.3 is 5.97 Å². The number of ether oxygens (including phenoxy) is 1. The van der Waals surface area contributed by atoms with Gasteiger partial charge in [-0.2, -0.15) is 0 Å². The molecule has 1 unspecified atom stereocenters. The smallest absolute Gasteiger partial charge is 0.340 e. The first-order valence-electron chi connectivity index (χ1n) is 9.13. The van der Waals surface area contributed by atoms with Crippen molar-refractivity contribution in [3.05, 3.63) is 75.2 Å². The number of aryl methyl sites for hydroxylation is 2. The molecule has 2 heterocycles. The molecule has 0 radical (unpaired) electrons. The number of rotatable bonds is 6. The van der Waals surface area contributed by atoms with Crippen LogP contribution in [0.5, 0.6) is 0 Å². The van der Waals surface area contributed by atoms with Gasteiger partial charge in [-0.1, -0.05) is 24.3 Å². The van der Waals surface area contributed by atoms with E-state index in [9.17, 15) is 9.59 Å². The summed E-state index contributed by atoms with van der Waals surface area (Å²) < 4.78 is 7.52. The van der Waals surface area contributed by atoms with Crippen LogP contribution in [0, 0.1) is 20.8 Å². The highest BCUT2D eigenvalue weighted by Crippen LogP contribution is 2.21. The molecule has 1 N–H and O–H groups in total. The molecule has 3 aromatic rings. The normalized spacial score (nSPS) is 11.9. The number of benzene rings is 1. The fourth-order valence-electron chi connectivity index (χ4n) is 3.03. The van der Waals surface area contributed by atoms with Gasteiger partial charge in [-0.15, -0.1) is 11.3 Å². The van der Waals surface area contributed by atoms with E-state index in [0.717, 1.165) is 17.0 Å². The minimum atomic E-state index is -0.896. The summed E-state index contributed by atoms with van der Waals surface area (Å²) in [4.78, 5) is 26.3. The van der Waals surface area contributed by atoms with Gasteiger partial charge < -0.3 is 14.6 Å². The van der Waals surface area contributed by atoms with Gasteiger partial charge in [0.05, 0.1) is 12.1 Å². The van der Waals surface area contributed by atoms with Crippen molar-refractivity contribution in [2.45, 2.75) is 40.3 Å². The van der Waals surface area contributed by atoms with Crippen LogP contribution in [0.25, 0.3) is 0 Å². The molecule has 0 fully saturated rings. The Kier molecular flexibility index (Phi) is 5.99. The van der Waals surface area contributed by atoms with Crippen molar-refractivity contribution in [2.75, 3.05) is 5.32 Å². The molecule has 0 aliphatic heterocycles. The van der Waals surface area contributed by atoms with Gasteiger partial charge in [-0.3, -0.25) is 4.79 Å². The van der Waals surface area contributed by atoms with Gasteiger partial charge in [-0.25, -0.2) is 4.79 Å². The molecule has 0 spiro atoms. The van der Waals surface area contributed by atoms with Crippen molar-refractivity contribution in [3.8, 4) is 0 Å². The molecule has 2 aromatic heterocycles. The quantitative estimate of drug-likeness (QED) is 0.614.